The van der Waals surface area contributed by atoms with Gasteiger partial charge in [0, 0.05) is 0 Å². The fourth-order valence-corrected chi connectivity index (χ4v) is 3.20. The first-order valence-corrected chi connectivity index (χ1v) is 8.65. The lowest BCUT2D eigenvalue weighted by Gasteiger charge is -2.33. The zero-order chi connectivity index (χ0) is 17.9. The first-order chi connectivity index (χ1) is 12.7. The van der Waals surface area contributed by atoms with Gasteiger partial charge in [-0.2, -0.15) is 0 Å². The van der Waals surface area contributed by atoms with Crippen LogP contribution in [0.15, 0.2) is 72.5 Å². The maximum Gasteiger partial charge on any atom is 0.337 e. The van der Waals surface area contributed by atoms with Crippen molar-refractivity contribution >= 4 is 11.9 Å². The van der Waals surface area contributed by atoms with Crippen molar-refractivity contribution < 1.29 is 19.1 Å². The van der Waals surface area contributed by atoms with E-state index in [9.17, 15) is 9.59 Å². The van der Waals surface area contributed by atoms with Crippen LogP contribution in [0.2, 0.25) is 0 Å². The molecule has 0 unspecified atom stereocenters. The number of allylic oxidation sites excluding steroid dienone is 1. The molecule has 0 aromatic heterocycles. The molecule has 0 aliphatic carbocycles. The van der Waals surface area contributed by atoms with Crippen LogP contribution in [-0.2, 0) is 32.1 Å². The normalized spacial score (nSPS) is 22.5. The maximum atomic E-state index is 12.6. The first-order valence-electron chi connectivity index (χ1n) is 8.65. The molecule has 5 nitrogen and oxygen atoms in total. The van der Waals surface area contributed by atoms with Crippen LogP contribution < -0.4 is 0 Å². The van der Waals surface area contributed by atoms with Crippen LogP contribution in [0.4, 0.5) is 0 Å². The van der Waals surface area contributed by atoms with E-state index in [0.717, 1.165) is 11.1 Å². The van der Waals surface area contributed by atoms with Gasteiger partial charge in [-0.05, 0) is 23.6 Å². The Morgan fingerprint density at radius 2 is 1.73 bits per heavy atom. The molecule has 1 amide bonds. The van der Waals surface area contributed by atoms with Gasteiger partial charge in [0.15, 0.2) is 12.3 Å². The molecule has 2 fully saturated rings. The second kappa shape index (κ2) is 7.04. The molecule has 2 aromatic carbocycles. The Hall–Kier alpha value is -3.08. The highest BCUT2D eigenvalue weighted by molar-refractivity contribution is 5.91. The second-order valence-corrected chi connectivity index (χ2v) is 6.37. The molecule has 2 aromatic rings. The standard InChI is InChI=1S/C21H19NO4/c23-18-13-19-22(18)20(21(24)25-14-16-9-5-2-6-10-16)17(26-19)12-11-15-7-3-1-4-8-15/h1-10,12,19-20H,11,13-14H2/t19-,20-/m1/s1. The molecule has 0 spiro atoms. The van der Waals surface area contributed by atoms with Crippen molar-refractivity contribution in [2.45, 2.75) is 31.7 Å². The highest BCUT2D eigenvalue weighted by atomic mass is 16.6. The van der Waals surface area contributed by atoms with Gasteiger partial charge >= 0.3 is 5.97 Å². The minimum Gasteiger partial charge on any atom is -0.472 e. The van der Waals surface area contributed by atoms with Crippen molar-refractivity contribution in [3.05, 3.63) is 83.6 Å². The quantitative estimate of drug-likeness (QED) is 0.615. The van der Waals surface area contributed by atoms with Crippen LogP contribution in [0.3, 0.4) is 0 Å². The van der Waals surface area contributed by atoms with Gasteiger partial charge in [0.2, 0.25) is 5.91 Å². The molecule has 0 radical (unpaired) electrons. The number of β-lactam (4-membered cyclic amide) rings is 1. The van der Waals surface area contributed by atoms with Crippen LogP contribution in [0, 0.1) is 0 Å². The summed E-state index contributed by atoms with van der Waals surface area (Å²) in [6.45, 7) is 0.175. The zero-order valence-corrected chi connectivity index (χ0v) is 14.2. The molecule has 0 bridgehead atoms. The van der Waals surface area contributed by atoms with Gasteiger partial charge in [0.05, 0.1) is 6.42 Å². The highest BCUT2D eigenvalue weighted by Gasteiger charge is 2.54. The molecule has 0 saturated carbocycles. The molecule has 4 rings (SSSR count). The predicted octanol–water partition coefficient (Wildman–Crippen LogP) is 2.81. The van der Waals surface area contributed by atoms with Crippen molar-refractivity contribution in [1.82, 2.24) is 4.90 Å². The van der Waals surface area contributed by atoms with Crippen LogP contribution >= 0.6 is 0 Å². The fourth-order valence-electron chi connectivity index (χ4n) is 3.20. The third-order valence-electron chi connectivity index (χ3n) is 4.60. The number of carbonyl (C=O) groups excluding carboxylic acids is 2. The van der Waals surface area contributed by atoms with E-state index in [0.29, 0.717) is 18.6 Å². The molecule has 2 atom stereocenters. The molecule has 5 heteroatoms. The Morgan fingerprint density at radius 3 is 2.38 bits per heavy atom. The molecule has 0 N–H and O–H groups in total. The molecule has 2 aliphatic heterocycles. The Balaban J connectivity index is 1.48. The minimum atomic E-state index is -0.784. The van der Waals surface area contributed by atoms with Gasteiger partial charge in [-0.3, -0.25) is 9.69 Å². The number of amides is 1. The lowest BCUT2D eigenvalue weighted by atomic mass is 10.1. The maximum absolute atomic E-state index is 12.6. The molecular weight excluding hydrogens is 330 g/mol. The van der Waals surface area contributed by atoms with Crippen molar-refractivity contribution in [2.24, 2.45) is 0 Å². The summed E-state index contributed by atoms with van der Waals surface area (Å²) in [5.41, 5.74) is 2.02. The number of carbonyl (C=O) groups is 2. The van der Waals surface area contributed by atoms with Crippen molar-refractivity contribution in [1.29, 1.82) is 0 Å². The number of hydrogen-bond donors (Lipinski definition) is 0. The Labute approximate surface area is 151 Å². The molecule has 132 valence electrons. The average molecular weight is 349 g/mol. The molecule has 2 saturated heterocycles. The number of benzene rings is 2. The largest absolute Gasteiger partial charge is 0.472 e. The lowest BCUT2D eigenvalue weighted by Crippen LogP contribution is -2.55. The number of hydrogen-bond acceptors (Lipinski definition) is 4. The smallest absolute Gasteiger partial charge is 0.337 e. The molecule has 2 heterocycles. The highest BCUT2D eigenvalue weighted by Crippen LogP contribution is 2.37. The van der Waals surface area contributed by atoms with Crippen LogP contribution in [0.25, 0.3) is 0 Å². The Morgan fingerprint density at radius 1 is 1.08 bits per heavy atom. The summed E-state index contributed by atoms with van der Waals surface area (Å²) in [5.74, 6) is -0.0359. The van der Waals surface area contributed by atoms with Gasteiger partial charge in [0.25, 0.3) is 0 Å². The third kappa shape index (κ3) is 3.20. The minimum absolute atomic E-state index is 0.0835. The van der Waals surface area contributed by atoms with Crippen molar-refractivity contribution in [3.8, 4) is 0 Å². The predicted molar refractivity (Wildman–Crippen MR) is 94.6 cm³/mol. The van der Waals surface area contributed by atoms with Gasteiger partial charge in [0.1, 0.15) is 12.4 Å². The monoisotopic (exact) mass is 349 g/mol. The third-order valence-corrected chi connectivity index (χ3v) is 4.60. The number of esters is 1. The number of fused-ring (bicyclic) bond motifs is 1. The Bertz CT molecular complexity index is 832. The first kappa shape index (κ1) is 16.4. The van der Waals surface area contributed by atoms with E-state index in [1.807, 2.05) is 66.7 Å². The summed E-state index contributed by atoms with van der Waals surface area (Å²) in [6, 6.07) is 18.6. The topological polar surface area (TPSA) is 55.8 Å². The average Bonchev–Trinajstić information content (AvgIpc) is 2.98. The summed E-state index contributed by atoms with van der Waals surface area (Å²) in [4.78, 5) is 26.0. The molecular formula is C21H19NO4. The number of rotatable bonds is 5. The zero-order valence-electron chi connectivity index (χ0n) is 14.2. The Kier molecular flexibility index (Phi) is 4.44. The second-order valence-electron chi connectivity index (χ2n) is 6.37. The molecule has 2 aliphatic rings. The van der Waals surface area contributed by atoms with E-state index < -0.39 is 12.0 Å². The fraction of sp³-hybridized carbons (Fsp3) is 0.238. The van der Waals surface area contributed by atoms with Crippen molar-refractivity contribution in [3.63, 3.8) is 0 Å². The lowest BCUT2D eigenvalue weighted by molar-refractivity contribution is -0.166. The van der Waals surface area contributed by atoms with E-state index in [-0.39, 0.29) is 18.7 Å². The SMILES string of the molecule is O=C(OCc1ccccc1)[C@H]1C(=CCc2ccccc2)O[C@@H]2CC(=O)N12. The van der Waals surface area contributed by atoms with Gasteiger partial charge in [-0.25, -0.2) is 4.79 Å². The van der Waals surface area contributed by atoms with Crippen LogP contribution in [-0.4, -0.2) is 29.0 Å². The summed E-state index contributed by atoms with van der Waals surface area (Å²) >= 11 is 0. The summed E-state index contributed by atoms with van der Waals surface area (Å²) in [6.07, 6.45) is 2.47. The van der Waals surface area contributed by atoms with E-state index in [2.05, 4.69) is 0 Å². The van der Waals surface area contributed by atoms with E-state index >= 15 is 0 Å². The van der Waals surface area contributed by atoms with Crippen LogP contribution in [0.5, 0.6) is 0 Å². The van der Waals surface area contributed by atoms with E-state index in [1.54, 1.807) is 0 Å². The summed E-state index contributed by atoms with van der Waals surface area (Å²) < 4.78 is 11.2. The summed E-state index contributed by atoms with van der Waals surface area (Å²) in [5, 5.41) is 0. The van der Waals surface area contributed by atoms with Crippen LogP contribution in [0.1, 0.15) is 17.5 Å². The number of nitrogens with zero attached hydrogens (tertiary/aromatic N) is 1. The molecule has 26 heavy (non-hydrogen) atoms. The number of ether oxygens (including phenoxy) is 2. The van der Waals surface area contributed by atoms with Gasteiger partial charge in [-0.15, -0.1) is 0 Å². The van der Waals surface area contributed by atoms with E-state index in [1.165, 1.54) is 4.90 Å². The van der Waals surface area contributed by atoms with Gasteiger partial charge in [-0.1, -0.05) is 60.7 Å². The van der Waals surface area contributed by atoms with Crippen molar-refractivity contribution in [2.75, 3.05) is 0 Å². The van der Waals surface area contributed by atoms with E-state index in [4.69, 9.17) is 9.47 Å². The van der Waals surface area contributed by atoms with Gasteiger partial charge < -0.3 is 9.47 Å². The summed E-state index contributed by atoms with van der Waals surface area (Å²) in [7, 11) is 0.